The number of carbonyl (C=O) groups is 1. The summed E-state index contributed by atoms with van der Waals surface area (Å²) in [6, 6.07) is 16.4. The molecule has 4 saturated carbocycles. The van der Waals surface area contributed by atoms with Gasteiger partial charge in [-0.3, -0.25) is 24.7 Å². The molecule has 5 atom stereocenters. The number of hydrogen-bond acceptors (Lipinski definition) is 16. The summed E-state index contributed by atoms with van der Waals surface area (Å²) in [6.45, 7) is 38.7. The van der Waals surface area contributed by atoms with Crippen molar-refractivity contribution >= 4 is 39.1 Å². The van der Waals surface area contributed by atoms with Crippen LogP contribution in [-0.4, -0.2) is 175 Å². The van der Waals surface area contributed by atoms with Crippen LogP contribution in [0.3, 0.4) is 0 Å². The molecule has 0 aromatic carbocycles. The number of imidazole rings is 4. The van der Waals surface area contributed by atoms with Gasteiger partial charge in [-0.2, -0.15) is 0 Å². The molecule has 20 nitrogen and oxygen atoms in total. The first-order valence-electron chi connectivity index (χ1n) is 44.7. The molecule has 0 spiro atoms. The molecular formula is C95H149BF2N12NaO8Si3. The number of nitrogens with zero attached hydrogens (tertiary/aromatic N) is 12. The summed E-state index contributed by atoms with van der Waals surface area (Å²) in [5, 5.41) is 28.3. The van der Waals surface area contributed by atoms with Gasteiger partial charge in [-0.05, 0) is 250 Å². The maximum absolute atomic E-state index is 15.7. The molecule has 122 heavy (non-hydrogen) atoms. The van der Waals surface area contributed by atoms with Crippen LogP contribution in [-0.2, 0) is 22.8 Å². The fraction of sp³-hybridized carbons (Fsp3) is 0.653. The van der Waals surface area contributed by atoms with E-state index < -0.39 is 36.3 Å². The zero-order valence-electron chi connectivity index (χ0n) is 77.6. The van der Waals surface area contributed by atoms with Gasteiger partial charge in [0.2, 0.25) is 0 Å². The molecule has 13 heterocycles. The molecule has 8 aromatic rings. The van der Waals surface area contributed by atoms with E-state index in [1.807, 2.05) is 93.0 Å². The second-order valence-corrected chi connectivity index (χ2v) is 53.1. The number of pyridine rings is 4. The van der Waals surface area contributed by atoms with Crippen molar-refractivity contribution < 1.29 is 79.3 Å². The monoisotopic (exact) mass is 1740 g/mol. The summed E-state index contributed by atoms with van der Waals surface area (Å²) < 4.78 is 70.0. The molecule has 27 heteroatoms. The first-order chi connectivity index (χ1) is 56.5. The minimum Gasteiger partial charge on any atom is -1.00 e. The van der Waals surface area contributed by atoms with Gasteiger partial charge >= 0.3 is 29.6 Å². The third kappa shape index (κ3) is 24.4. The van der Waals surface area contributed by atoms with Gasteiger partial charge in [-0.1, -0.05) is 91.0 Å². The molecule has 1 saturated heterocycles. The van der Waals surface area contributed by atoms with Gasteiger partial charge in [0.15, 0.2) is 25.0 Å². The van der Waals surface area contributed by atoms with E-state index in [-0.39, 0.29) is 118 Å². The molecule has 3 radical (unpaired) electrons. The number of halogens is 2. The first-order valence-corrected chi connectivity index (χ1v) is 52.7. The molecule has 5 unspecified atom stereocenters. The number of carbonyl (C=O) groups excluding carboxylic acids is 1. The average Bonchev–Trinajstić information content (AvgIpc) is 1.62. The van der Waals surface area contributed by atoms with Crippen LogP contribution in [0.2, 0.25) is 54.4 Å². The predicted octanol–water partition coefficient (Wildman–Crippen LogP) is 19.6. The number of fused-ring (bicyclic) bond motifs is 12. The van der Waals surface area contributed by atoms with Crippen molar-refractivity contribution in [2.45, 2.75) is 366 Å². The van der Waals surface area contributed by atoms with Gasteiger partial charge in [0.1, 0.15) is 17.1 Å². The van der Waals surface area contributed by atoms with Crippen molar-refractivity contribution in [3.05, 3.63) is 146 Å². The Morgan fingerprint density at radius 3 is 1.16 bits per heavy atom. The van der Waals surface area contributed by atoms with Crippen LogP contribution in [0.5, 0.6) is 0 Å². The van der Waals surface area contributed by atoms with Crippen LogP contribution in [0, 0.1) is 11.8 Å². The Morgan fingerprint density at radius 2 is 0.828 bits per heavy atom. The number of alkyl halides is 2. The molecule has 0 amide bonds. The molecule has 4 aliphatic carbocycles. The minimum atomic E-state index is -1.79. The molecular weight excluding hydrogens is 1590 g/mol. The van der Waals surface area contributed by atoms with E-state index in [9.17, 15) is 19.4 Å². The quantitative estimate of drug-likeness (QED) is 0.0677. The summed E-state index contributed by atoms with van der Waals surface area (Å²) >= 11 is 0. The number of aromatic nitrogens is 12. The van der Waals surface area contributed by atoms with Crippen molar-refractivity contribution in [2.24, 2.45) is 11.8 Å². The SMILES string of the molecule is C.C.C1CCOC1.CC(C)(C)[Si](C)(C)OC1CCC(C(=O)CC2c3ncccc3-c3cncn32)CC1.CC(C)(C)[Si](C)(C)OC1CCC(C(O)CC2c3ncccc3-c3cncn32)CC1.CC(C)(C)[Si](C)(C)OC1CCC(F)(CCC2c3ncccc3-c3cncn32)CC1.CO.OC1CCC(F)(CCC2c3ncccc3-c3cncn32)CC1.[2H]CC.[B].[H-].[Na+]. The first kappa shape index (κ1) is 102. The number of Topliss-reactive ketones (excluding diaryl/α,β-unsaturated/α-hetero) is 1. The number of ether oxygens (including phenoxy) is 1. The topological polar surface area (TPSA) is 238 Å². The van der Waals surface area contributed by atoms with E-state index in [1.54, 1.807) is 13.1 Å². The van der Waals surface area contributed by atoms with Gasteiger partial charge in [0.25, 0.3) is 0 Å². The number of ketones is 1. The van der Waals surface area contributed by atoms with Crippen LogP contribution in [0.1, 0.15) is 295 Å². The van der Waals surface area contributed by atoms with Gasteiger partial charge < -0.3 is 53.0 Å². The van der Waals surface area contributed by atoms with Gasteiger partial charge in [-0.25, -0.2) is 28.7 Å². The molecule has 9 aliphatic rings. The Balaban J connectivity index is 0.000000244. The fourth-order valence-electron chi connectivity index (χ4n) is 17.9. The van der Waals surface area contributed by atoms with Crippen LogP contribution in [0.15, 0.2) is 123 Å². The van der Waals surface area contributed by atoms with E-state index in [1.165, 1.54) is 12.8 Å². The maximum atomic E-state index is 15.7. The van der Waals surface area contributed by atoms with E-state index in [0.717, 1.165) is 165 Å². The van der Waals surface area contributed by atoms with E-state index in [4.69, 9.17) is 24.5 Å². The third-order valence-electron chi connectivity index (χ3n) is 28.0. The zero-order valence-corrected chi connectivity index (χ0v) is 80.6. The zero-order chi connectivity index (χ0) is 85.9. The smallest absolute Gasteiger partial charge is 1.00 e. The van der Waals surface area contributed by atoms with Crippen LogP contribution >= 0.6 is 0 Å². The Kier molecular flexibility index (Phi) is 37.1. The van der Waals surface area contributed by atoms with Gasteiger partial charge in [0, 0.05) is 114 Å². The van der Waals surface area contributed by atoms with E-state index in [0.29, 0.717) is 95.0 Å². The largest absolute Gasteiger partial charge is 1.00 e. The molecule has 0 bridgehead atoms. The Labute approximate surface area is 760 Å². The Morgan fingerprint density at radius 1 is 0.525 bits per heavy atom. The van der Waals surface area contributed by atoms with Crippen molar-refractivity contribution in [1.82, 2.24) is 58.1 Å². The van der Waals surface area contributed by atoms with Crippen LogP contribution in [0.4, 0.5) is 8.78 Å². The minimum absolute atomic E-state index is 0. The molecule has 8 aromatic heterocycles. The number of rotatable bonds is 18. The van der Waals surface area contributed by atoms with Crippen molar-refractivity contribution in [3.63, 3.8) is 0 Å². The fourth-order valence-corrected chi connectivity index (χ4v) is 22.2. The van der Waals surface area contributed by atoms with Crippen molar-refractivity contribution in [3.8, 4) is 45.0 Å². The maximum Gasteiger partial charge on any atom is 1.00 e. The standard InChI is InChI=1S/C23H34FN3OSi.C23H35N3O2Si.C23H33N3O2Si.C17H20FN3O.C4H8O.C2H6.CH4O.2CH4.B.Na.H/c1-22(2,3)29(4,5)28-17-8-11-23(24,12-9-17)13-10-19-21-18(7-6-14-26-21)20-15-25-16-27(19)20;2*1-23(2,3)29(4,5)28-17-10-8-16(9-11-17)21(27)13-19-22-18(7-6-12-25-22)20-14-24-15-26(19)20;18-17(6-3-12(22)4-7-17)8-5-14-16-13(2-1-9-20-16)15-10-19-11-21(14)15;1-2-4-5-3-1;2*1-2;;;;;/h6-7,14-17,19H,8-13H2,1-5H3;6-7,12,14-17,19,21,27H,8-11,13H2,1-5H3;6-7,12,14-17,19H,8-11,13H2,1-5H3;1-2,9-12,14,22H,3-8H2;1-4H2;1-2H3;2H,1H3;2*1H4;;;/q;;;;;;;;;;+1;-1/i;;;;;1D;;;;;;. The summed E-state index contributed by atoms with van der Waals surface area (Å²) in [5.74, 6) is 0.849. The van der Waals surface area contributed by atoms with Crippen molar-refractivity contribution in [2.75, 3.05) is 20.3 Å². The molecule has 17 rings (SSSR count). The Hall–Kier alpha value is -5.59. The third-order valence-corrected chi connectivity index (χ3v) is 41.6. The molecule has 5 fully saturated rings. The molecule has 667 valence electrons. The molecule has 3 N–H and O–H groups in total. The van der Waals surface area contributed by atoms with E-state index in [2.05, 4.69) is 184 Å². The molecule has 5 aliphatic heterocycles. The van der Waals surface area contributed by atoms with Crippen LogP contribution in [0.25, 0.3) is 45.0 Å². The second kappa shape index (κ2) is 44.4. The van der Waals surface area contributed by atoms with E-state index >= 15 is 4.39 Å². The van der Waals surface area contributed by atoms with Gasteiger partial charge in [-0.15, -0.1) is 0 Å². The summed E-state index contributed by atoms with van der Waals surface area (Å²) in [7, 11) is -4.26. The Bertz CT molecular complexity index is 4530. The number of aliphatic hydroxyl groups is 3. The average molecular weight is 1740 g/mol. The van der Waals surface area contributed by atoms with Gasteiger partial charge in [0.05, 0.1) is 132 Å². The second-order valence-electron chi connectivity index (χ2n) is 38.8. The number of aliphatic hydroxyl groups excluding tert-OH is 3. The van der Waals surface area contributed by atoms with Crippen molar-refractivity contribution in [1.29, 1.82) is 0 Å². The van der Waals surface area contributed by atoms with Crippen LogP contribution < -0.4 is 29.6 Å². The predicted molar refractivity (Wildman–Crippen MR) is 494 cm³/mol. The summed E-state index contributed by atoms with van der Waals surface area (Å²) in [5.41, 5.74) is 10.8. The summed E-state index contributed by atoms with van der Waals surface area (Å²) in [6.07, 6.45) is 41.8. The number of hydrogen-bond donors (Lipinski definition) is 3. The summed E-state index contributed by atoms with van der Waals surface area (Å²) in [4.78, 5) is 48.6. The normalized spacial score (nSPS) is 24.9.